The lowest BCUT2D eigenvalue weighted by molar-refractivity contribution is 1.04. The predicted molar refractivity (Wildman–Crippen MR) is 104 cm³/mol. The normalized spacial score (nSPS) is 11.3. The van der Waals surface area contributed by atoms with Gasteiger partial charge in [0.15, 0.2) is 5.11 Å². The molecule has 0 heterocycles. The molecule has 0 aliphatic rings. The molecule has 0 aliphatic heterocycles. The molecule has 0 bridgehead atoms. The Bertz CT molecular complexity index is 769. The molecule has 2 aromatic carbocycles. The quantitative estimate of drug-likeness (QED) is 0.468. The van der Waals surface area contributed by atoms with Crippen LogP contribution in [0.25, 0.3) is 0 Å². The van der Waals surface area contributed by atoms with Crippen molar-refractivity contribution in [2.45, 2.75) is 27.7 Å². The molecule has 3 nitrogen and oxygen atoms in total. The maximum Gasteiger partial charge on any atom is 0.191 e. The van der Waals surface area contributed by atoms with Crippen LogP contribution in [-0.4, -0.2) is 10.8 Å². The van der Waals surface area contributed by atoms with E-state index in [4.69, 9.17) is 23.8 Å². The minimum Gasteiger partial charge on any atom is -0.331 e. The van der Waals surface area contributed by atoms with Gasteiger partial charge in [0.05, 0.1) is 5.71 Å². The molecule has 0 unspecified atom stereocenters. The van der Waals surface area contributed by atoms with Crippen LogP contribution in [0.3, 0.4) is 0 Å². The van der Waals surface area contributed by atoms with E-state index in [-0.39, 0.29) is 0 Å². The summed E-state index contributed by atoms with van der Waals surface area (Å²) in [5.74, 6) is 0. The zero-order valence-electron chi connectivity index (χ0n) is 13.7. The van der Waals surface area contributed by atoms with Gasteiger partial charge in [-0.25, -0.2) is 0 Å². The summed E-state index contributed by atoms with van der Waals surface area (Å²) >= 11 is 11.4. The van der Waals surface area contributed by atoms with Gasteiger partial charge in [-0.05, 0) is 80.4 Å². The van der Waals surface area contributed by atoms with Gasteiger partial charge in [0.25, 0.3) is 0 Å². The average Bonchev–Trinajstić information content (AvgIpc) is 2.52. The Kier molecular flexibility index (Phi) is 5.74. The Labute approximate surface area is 147 Å². The van der Waals surface area contributed by atoms with Gasteiger partial charge in [-0.3, -0.25) is 5.43 Å². The highest BCUT2D eigenvalue weighted by Crippen LogP contribution is 2.22. The predicted octanol–water partition coefficient (Wildman–Crippen LogP) is 4.98. The Morgan fingerprint density at radius 1 is 1.09 bits per heavy atom. The van der Waals surface area contributed by atoms with E-state index >= 15 is 0 Å². The minimum absolute atomic E-state index is 0.429. The van der Waals surface area contributed by atoms with Crippen molar-refractivity contribution in [1.29, 1.82) is 0 Å². The molecule has 0 atom stereocenters. The SMILES string of the molecule is CC(=NNC(=S)Nc1cccc(Cl)c1C)c1ccc(C)c(C)c1. The Morgan fingerprint density at radius 3 is 2.52 bits per heavy atom. The first-order valence-corrected chi connectivity index (χ1v) is 8.11. The summed E-state index contributed by atoms with van der Waals surface area (Å²) in [7, 11) is 0. The lowest BCUT2D eigenvalue weighted by Crippen LogP contribution is -2.25. The monoisotopic (exact) mass is 345 g/mol. The maximum absolute atomic E-state index is 6.10. The summed E-state index contributed by atoms with van der Waals surface area (Å²) in [5, 5.41) is 8.58. The average molecular weight is 346 g/mol. The zero-order chi connectivity index (χ0) is 17.0. The van der Waals surface area contributed by atoms with Gasteiger partial charge in [-0.15, -0.1) is 0 Å². The van der Waals surface area contributed by atoms with E-state index in [1.807, 2.05) is 32.0 Å². The summed E-state index contributed by atoms with van der Waals surface area (Å²) in [5.41, 5.74) is 9.15. The molecule has 2 rings (SSSR count). The number of rotatable bonds is 3. The second-order valence-electron chi connectivity index (χ2n) is 5.47. The van der Waals surface area contributed by atoms with Crippen LogP contribution in [0.2, 0.25) is 5.02 Å². The first-order valence-electron chi connectivity index (χ1n) is 7.32. The highest BCUT2D eigenvalue weighted by Gasteiger charge is 2.04. The summed E-state index contributed by atoms with van der Waals surface area (Å²) in [4.78, 5) is 0. The highest BCUT2D eigenvalue weighted by molar-refractivity contribution is 7.80. The van der Waals surface area contributed by atoms with Gasteiger partial charge in [-0.1, -0.05) is 29.8 Å². The zero-order valence-corrected chi connectivity index (χ0v) is 15.3. The van der Waals surface area contributed by atoms with Gasteiger partial charge in [-0.2, -0.15) is 5.10 Å². The molecule has 0 aliphatic carbocycles. The van der Waals surface area contributed by atoms with Crippen molar-refractivity contribution in [3.05, 3.63) is 63.7 Å². The van der Waals surface area contributed by atoms with E-state index in [2.05, 4.69) is 47.9 Å². The highest BCUT2D eigenvalue weighted by atomic mass is 35.5. The number of hydrogen-bond donors (Lipinski definition) is 2. The minimum atomic E-state index is 0.429. The van der Waals surface area contributed by atoms with E-state index in [0.717, 1.165) is 22.5 Å². The van der Waals surface area contributed by atoms with Gasteiger partial charge in [0.1, 0.15) is 0 Å². The molecule has 0 fully saturated rings. The molecule has 0 saturated carbocycles. The van der Waals surface area contributed by atoms with Crippen LogP contribution in [0.15, 0.2) is 41.5 Å². The fraction of sp³-hybridized carbons (Fsp3) is 0.222. The van der Waals surface area contributed by atoms with Crippen LogP contribution in [-0.2, 0) is 0 Å². The van der Waals surface area contributed by atoms with Crippen LogP contribution in [0.5, 0.6) is 0 Å². The molecule has 2 N–H and O–H groups in total. The largest absolute Gasteiger partial charge is 0.331 e. The van der Waals surface area contributed by atoms with E-state index in [9.17, 15) is 0 Å². The number of benzene rings is 2. The van der Waals surface area contributed by atoms with Gasteiger partial charge in [0, 0.05) is 10.7 Å². The van der Waals surface area contributed by atoms with E-state index in [1.54, 1.807) is 0 Å². The molecule has 0 saturated heterocycles. The van der Waals surface area contributed by atoms with Crippen LogP contribution < -0.4 is 10.7 Å². The van der Waals surface area contributed by atoms with Gasteiger partial charge in [0.2, 0.25) is 0 Å². The number of hydrazone groups is 1. The summed E-state index contributed by atoms with van der Waals surface area (Å²) < 4.78 is 0. The lowest BCUT2D eigenvalue weighted by atomic mass is 10.0. The number of halogens is 1. The fourth-order valence-electron chi connectivity index (χ4n) is 2.06. The topological polar surface area (TPSA) is 36.4 Å². The number of thiocarbonyl (C=S) groups is 1. The van der Waals surface area contributed by atoms with Crippen molar-refractivity contribution in [2.24, 2.45) is 5.10 Å². The third kappa shape index (κ3) is 4.53. The third-order valence-electron chi connectivity index (χ3n) is 3.77. The van der Waals surface area contributed by atoms with Crippen molar-refractivity contribution < 1.29 is 0 Å². The summed E-state index contributed by atoms with van der Waals surface area (Å²) in [6, 6.07) is 11.9. The van der Waals surface area contributed by atoms with Gasteiger partial charge >= 0.3 is 0 Å². The number of nitrogens with one attached hydrogen (secondary N) is 2. The Hall–Kier alpha value is -1.91. The van der Waals surface area contributed by atoms with Crippen molar-refractivity contribution in [3.8, 4) is 0 Å². The van der Waals surface area contributed by atoms with Crippen molar-refractivity contribution in [2.75, 3.05) is 5.32 Å². The first kappa shape index (κ1) is 17.4. The molecular formula is C18H20ClN3S. The smallest absolute Gasteiger partial charge is 0.191 e. The van der Waals surface area contributed by atoms with Crippen molar-refractivity contribution in [3.63, 3.8) is 0 Å². The van der Waals surface area contributed by atoms with Crippen LogP contribution in [0.4, 0.5) is 5.69 Å². The molecule has 2 aromatic rings. The van der Waals surface area contributed by atoms with Crippen molar-refractivity contribution in [1.82, 2.24) is 5.43 Å². The molecular weight excluding hydrogens is 326 g/mol. The Balaban J connectivity index is 2.05. The third-order valence-corrected chi connectivity index (χ3v) is 4.37. The summed E-state index contributed by atoms with van der Waals surface area (Å²) in [6.45, 7) is 8.07. The molecule has 5 heteroatoms. The molecule has 0 spiro atoms. The summed E-state index contributed by atoms with van der Waals surface area (Å²) in [6.07, 6.45) is 0. The molecule has 0 radical (unpaired) electrons. The van der Waals surface area contributed by atoms with Crippen molar-refractivity contribution >= 4 is 40.3 Å². The second kappa shape index (κ2) is 7.57. The van der Waals surface area contributed by atoms with Crippen LogP contribution in [0.1, 0.15) is 29.2 Å². The standard InChI is InChI=1S/C18H20ClN3S/c1-11-8-9-15(10-12(11)2)14(4)21-22-18(23)20-17-7-5-6-16(19)13(17)3/h5-10H,1-4H3,(H2,20,22,23). The van der Waals surface area contributed by atoms with Gasteiger partial charge < -0.3 is 5.32 Å². The van der Waals surface area contributed by atoms with E-state index in [1.165, 1.54) is 11.1 Å². The molecule has 120 valence electrons. The first-order chi connectivity index (χ1) is 10.9. The fourth-order valence-corrected chi connectivity index (χ4v) is 2.39. The molecule has 0 aromatic heterocycles. The number of nitrogens with zero attached hydrogens (tertiary/aromatic N) is 1. The van der Waals surface area contributed by atoms with Crippen LogP contribution in [0, 0.1) is 20.8 Å². The Morgan fingerprint density at radius 2 is 1.83 bits per heavy atom. The van der Waals surface area contributed by atoms with E-state index < -0.39 is 0 Å². The van der Waals surface area contributed by atoms with Crippen LogP contribution >= 0.6 is 23.8 Å². The molecule has 23 heavy (non-hydrogen) atoms. The number of anilines is 1. The second-order valence-corrected chi connectivity index (χ2v) is 6.29. The maximum atomic E-state index is 6.10. The number of aryl methyl sites for hydroxylation is 2. The molecule has 0 amide bonds. The van der Waals surface area contributed by atoms with E-state index in [0.29, 0.717) is 10.1 Å². The lowest BCUT2D eigenvalue weighted by Gasteiger charge is -2.11. The number of hydrogen-bond acceptors (Lipinski definition) is 2.